The van der Waals surface area contributed by atoms with Crippen LogP contribution in [0.25, 0.3) is 10.4 Å². The number of nitrogens with one attached hydrogen (secondary N) is 3. The van der Waals surface area contributed by atoms with Gasteiger partial charge in [-0.2, -0.15) is 0 Å². The largest absolute Gasteiger partial charge is 0.465 e. The Morgan fingerprint density at radius 1 is 1.07 bits per heavy atom. The molecule has 0 spiro atoms. The van der Waals surface area contributed by atoms with Crippen LogP contribution in [-0.4, -0.2) is 71.4 Å². The molecule has 1 saturated heterocycles. The third-order valence-corrected chi connectivity index (χ3v) is 10.6. The van der Waals surface area contributed by atoms with E-state index < -0.39 is 27.7 Å². The van der Waals surface area contributed by atoms with Crippen LogP contribution >= 0.6 is 11.3 Å². The van der Waals surface area contributed by atoms with E-state index in [0.29, 0.717) is 35.0 Å². The van der Waals surface area contributed by atoms with Crippen LogP contribution in [0.2, 0.25) is 0 Å². The monoisotopic (exact) mass is 642 g/mol. The van der Waals surface area contributed by atoms with Crippen molar-refractivity contribution in [2.45, 2.75) is 81.4 Å². The highest BCUT2D eigenvalue weighted by atomic mass is 32.2. The van der Waals surface area contributed by atoms with Gasteiger partial charge in [0.15, 0.2) is 0 Å². The number of hydrogen-bond donors (Lipinski definition) is 4. The molecule has 4 N–H and O–H groups in total. The smallest absolute Gasteiger partial charge is 0.407 e. The number of carbonyl (C=O) groups excluding carboxylic acids is 1. The predicted molar refractivity (Wildman–Crippen MR) is 167 cm³/mol. The first-order valence-corrected chi connectivity index (χ1v) is 16.9. The van der Waals surface area contributed by atoms with Crippen molar-refractivity contribution in [2.24, 2.45) is 0 Å². The first-order chi connectivity index (χ1) is 20.9. The van der Waals surface area contributed by atoms with Gasteiger partial charge in [-0.15, -0.1) is 11.3 Å². The van der Waals surface area contributed by atoms with Crippen molar-refractivity contribution in [2.75, 3.05) is 18.5 Å². The Hall–Kier alpha value is -3.59. The van der Waals surface area contributed by atoms with Crippen molar-refractivity contribution in [3.05, 3.63) is 59.5 Å². The Morgan fingerprint density at radius 3 is 2.43 bits per heavy atom. The zero-order valence-electron chi connectivity index (χ0n) is 24.9. The number of rotatable bonds is 9. The van der Waals surface area contributed by atoms with E-state index in [0.717, 1.165) is 30.7 Å². The van der Waals surface area contributed by atoms with E-state index in [-0.39, 0.29) is 29.4 Å². The molecule has 14 heteroatoms. The molecule has 12 nitrogen and oxygen atoms in total. The number of urea groups is 1. The van der Waals surface area contributed by atoms with E-state index in [1.165, 1.54) is 17.4 Å². The number of amides is 3. The van der Waals surface area contributed by atoms with Crippen molar-refractivity contribution < 1.29 is 27.9 Å². The number of pyridine rings is 1. The number of benzene rings is 1. The maximum Gasteiger partial charge on any atom is 0.407 e. The summed E-state index contributed by atoms with van der Waals surface area (Å²) < 4.78 is 35.2. The van der Waals surface area contributed by atoms with Crippen LogP contribution in [-0.2, 0) is 21.3 Å². The summed E-state index contributed by atoms with van der Waals surface area (Å²) in [4.78, 5) is 35.6. The average molecular weight is 643 g/mol. The number of ether oxygens (including phenoxy) is 1. The van der Waals surface area contributed by atoms with Gasteiger partial charge in [0.1, 0.15) is 0 Å². The second-order valence-corrected chi connectivity index (χ2v) is 14.9. The molecule has 0 bridgehead atoms. The highest BCUT2D eigenvalue weighted by Crippen LogP contribution is 2.41. The van der Waals surface area contributed by atoms with Gasteiger partial charge < -0.3 is 20.5 Å². The minimum Gasteiger partial charge on any atom is -0.465 e. The van der Waals surface area contributed by atoms with Gasteiger partial charge in [0, 0.05) is 41.1 Å². The Morgan fingerprint density at radius 2 is 1.82 bits per heavy atom. The Labute approximate surface area is 261 Å². The Bertz CT molecular complexity index is 1580. The highest BCUT2D eigenvalue weighted by Gasteiger charge is 2.38. The highest BCUT2D eigenvalue weighted by molar-refractivity contribution is 7.89. The molecule has 3 amide bonds. The van der Waals surface area contributed by atoms with Crippen LogP contribution in [0, 0.1) is 0 Å². The molecule has 0 atom stereocenters. The standard InChI is InChI=1S/C30H38N6O6S2/c1-30(2,3)35-44(40,41)26-14-20(34-28(37)33-15-21-6-4-5-13-31-21)9-12-24(26)25-16-32-27(43-25)19-7-10-22(11-8-19)36(29(38)39)23-17-42-18-23/h4-6,9,12-14,16,19,22-23,35H,7-8,10-11,15,17-18H2,1-3H3,(H,38,39)(H2,33,34,37). The molecule has 1 aliphatic carbocycles. The Kier molecular flexibility index (Phi) is 9.53. The van der Waals surface area contributed by atoms with Gasteiger partial charge in [0.2, 0.25) is 10.0 Å². The summed E-state index contributed by atoms with van der Waals surface area (Å²) >= 11 is 1.44. The lowest BCUT2D eigenvalue weighted by Crippen LogP contribution is -2.56. The molecule has 5 rings (SSSR count). The molecular weight excluding hydrogens is 605 g/mol. The summed E-state index contributed by atoms with van der Waals surface area (Å²) in [5, 5.41) is 16.1. The minimum atomic E-state index is -3.98. The summed E-state index contributed by atoms with van der Waals surface area (Å²) in [5.74, 6) is 0.162. The lowest BCUT2D eigenvalue weighted by Gasteiger charge is -2.42. The van der Waals surface area contributed by atoms with Crippen LogP contribution in [0.3, 0.4) is 0 Å². The van der Waals surface area contributed by atoms with Crippen molar-refractivity contribution >= 4 is 39.2 Å². The van der Waals surface area contributed by atoms with Crippen LogP contribution in [0.4, 0.5) is 15.3 Å². The maximum absolute atomic E-state index is 13.6. The third-order valence-electron chi connectivity index (χ3n) is 7.59. The van der Waals surface area contributed by atoms with Gasteiger partial charge in [-0.25, -0.2) is 27.7 Å². The number of sulfonamides is 1. The van der Waals surface area contributed by atoms with E-state index in [2.05, 4.69) is 25.3 Å². The summed E-state index contributed by atoms with van der Waals surface area (Å²) in [6.07, 6.45) is 5.49. The molecular formula is C30H38N6O6S2. The average Bonchev–Trinajstić information content (AvgIpc) is 3.43. The second kappa shape index (κ2) is 13.2. The van der Waals surface area contributed by atoms with Gasteiger partial charge in [-0.05, 0) is 70.7 Å². The minimum absolute atomic E-state index is 0.0358. The first kappa shape index (κ1) is 31.8. The molecule has 1 saturated carbocycles. The summed E-state index contributed by atoms with van der Waals surface area (Å²) in [6, 6.07) is 9.61. The van der Waals surface area contributed by atoms with E-state index in [4.69, 9.17) is 4.74 Å². The van der Waals surface area contributed by atoms with E-state index >= 15 is 0 Å². The molecule has 1 aliphatic heterocycles. The topological polar surface area (TPSA) is 163 Å². The fourth-order valence-electron chi connectivity index (χ4n) is 5.53. The van der Waals surface area contributed by atoms with Crippen LogP contribution < -0.4 is 15.4 Å². The maximum atomic E-state index is 13.6. The summed E-state index contributed by atoms with van der Waals surface area (Å²) in [6.45, 7) is 6.41. The Balaban J connectivity index is 1.33. The molecule has 2 fully saturated rings. The van der Waals surface area contributed by atoms with Gasteiger partial charge in [0.05, 0.1) is 46.3 Å². The lowest BCUT2D eigenvalue weighted by atomic mass is 9.85. The molecule has 0 radical (unpaired) electrons. The van der Waals surface area contributed by atoms with Gasteiger partial charge in [0.25, 0.3) is 0 Å². The summed E-state index contributed by atoms with van der Waals surface area (Å²) in [5.41, 5.74) is 0.773. The SMILES string of the molecule is CC(C)(C)NS(=O)(=O)c1cc(NC(=O)NCc2ccccn2)ccc1-c1cnc(C2CCC(N(C(=O)O)C3COC3)CC2)s1. The van der Waals surface area contributed by atoms with E-state index in [9.17, 15) is 23.1 Å². The molecule has 3 heterocycles. The van der Waals surface area contributed by atoms with Crippen LogP contribution in [0.1, 0.15) is 63.1 Å². The molecule has 2 aromatic heterocycles. The summed E-state index contributed by atoms with van der Waals surface area (Å²) in [7, 11) is -3.98. The quantitative estimate of drug-likeness (QED) is 0.253. The molecule has 1 aromatic carbocycles. The first-order valence-electron chi connectivity index (χ1n) is 14.6. The zero-order valence-corrected chi connectivity index (χ0v) is 26.6. The number of thiazole rings is 1. The zero-order chi connectivity index (χ0) is 31.5. The number of anilines is 1. The molecule has 236 valence electrons. The molecule has 2 aliphatic rings. The number of hydrogen-bond acceptors (Lipinski definition) is 8. The van der Waals surface area contributed by atoms with Crippen LogP contribution in [0.15, 0.2) is 53.7 Å². The number of aromatic nitrogens is 2. The van der Waals surface area contributed by atoms with Gasteiger partial charge in [-0.1, -0.05) is 12.1 Å². The van der Waals surface area contributed by atoms with E-state index in [1.54, 1.807) is 62.3 Å². The third kappa shape index (κ3) is 7.73. The van der Waals surface area contributed by atoms with Crippen molar-refractivity contribution in [3.63, 3.8) is 0 Å². The number of carboxylic acid groups (broad SMARTS) is 1. The van der Waals surface area contributed by atoms with Crippen molar-refractivity contribution in [3.8, 4) is 10.4 Å². The fraction of sp³-hybridized carbons (Fsp3) is 0.467. The van der Waals surface area contributed by atoms with Crippen molar-refractivity contribution in [1.29, 1.82) is 0 Å². The number of nitrogens with zero attached hydrogens (tertiary/aromatic N) is 3. The molecule has 44 heavy (non-hydrogen) atoms. The fourth-order valence-corrected chi connectivity index (χ4v) is 8.39. The van der Waals surface area contributed by atoms with Gasteiger partial charge >= 0.3 is 12.1 Å². The molecule has 0 unspecified atom stereocenters. The van der Waals surface area contributed by atoms with E-state index in [1.807, 2.05) is 6.07 Å². The van der Waals surface area contributed by atoms with Crippen LogP contribution in [0.5, 0.6) is 0 Å². The van der Waals surface area contributed by atoms with Crippen molar-refractivity contribution in [1.82, 2.24) is 24.9 Å². The second-order valence-electron chi connectivity index (χ2n) is 12.1. The van der Waals surface area contributed by atoms with Gasteiger partial charge in [-0.3, -0.25) is 9.88 Å². The number of carbonyl (C=O) groups is 2. The predicted octanol–water partition coefficient (Wildman–Crippen LogP) is 5.01. The normalized spacial score (nSPS) is 19.2. The molecule has 3 aromatic rings. The lowest BCUT2D eigenvalue weighted by molar-refractivity contribution is -0.0728.